The van der Waals surface area contributed by atoms with Gasteiger partial charge >= 0.3 is 0 Å². The molecule has 3 rings (SSSR count). The van der Waals surface area contributed by atoms with Gasteiger partial charge in [-0.2, -0.15) is 0 Å². The Bertz CT molecular complexity index is 659. The smallest absolute Gasteiger partial charge is 0.200 e. The number of hydrogen-bond donors (Lipinski definition) is 1. The van der Waals surface area contributed by atoms with Crippen molar-refractivity contribution in [2.45, 2.75) is 13.5 Å². The molecule has 0 aliphatic carbocycles. The van der Waals surface area contributed by atoms with Crippen LogP contribution in [0.2, 0.25) is 0 Å². The second-order valence-corrected chi connectivity index (χ2v) is 6.25. The van der Waals surface area contributed by atoms with Crippen LogP contribution in [0.5, 0.6) is 5.75 Å². The summed E-state index contributed by atoms with van der Waals surface area (Å²) in [5.41, 5.74) is 3.12. The maximum Gasteiger partial charge on any atom is 0.200 e. The summed E-state index contributed by atoms with van der Waals surface area (Å²) in [6.07, 6.45) is 0. The molecule has 24 heavy (non-hydrogen) atoms. The van der Waals surface area contributed by atoms with Gasteiger partial charge in [-0.1, -0.05) is 42.0 Å². The molecule has 2 aromatic rings. The van der Waals surface area contributed by atoms with E-state index in [1.807, 2.05) is 55.5 Å². The van der Waals surface area contributed by atoms with Crippen LogP contribution in [-0.2, 0) is 6.54 Å². The summed E-state index contributed by atoms with van der Waals surface area (Å²) in [4.78, 5) is 14.7. The predicted octanol–water partition coefficient (Wildman–Crippen LogP) is 2.66. The van der Waals surface area contributed by atoms with Crippen molar-refractivity contribution in [1.82, 2.24) is 10.2 Å². The van der Waals surface area contributed by atoms with Gasteiger partial charge in [-0.3, -0.25) is 9.69 Å². The molecule has 4 heteroatoms. The van der Waals surface area contributed by atoms with E-state index in [0.29, 0.717) is 5.56 Å². The number of nitrogens with zero attached hydrogens (tertiary/aromatic N) is 1. The number of carbonyl (C=O) groups excluding carboxylic acids is 1. The molecule has 1 aliphatic heterocycles. The van der Waals surface area contributed by atoms with E-state index in [2.05, 4.69) is 10.2 Å². The molecule has 1 heterocycles. The fourth-order valence-electron chi connectivity index (χ4n) is 2.79. The van der Waals surface area contributed by atoms with Crippen molar-refractivity contribution in [2.75, 3.05) is 32.8 Å². The Morgan fingerprint density at radius 1 is 1.04 bits per heavy atom. The molecule has 4 nitrogen and oxygen atoms in total. The minimum absolute atomic E-state index is 0.00398. The Morgan fingerprint density at radius 2 is 1.71 bits per heavy atom. The summed E-state index contributed by atoms with van der Waals surface area (Å²) in [7, 11) is 0. The summed E-state index contributed by atoms with van der Waals surface area (Å²) in [6.45, 7) is 7.28. The van der Waals surface area contributed by atoms with E-state index >= 15 is 0 Å². The van der Waals surface area contributed by atoms with Gasteiger partial charge in [0.1, 0.15) is 5.75 Å². The molecule has 0 bridgehead atoms. The van der Waals surface area contributed by atoms with Crippen LogP contribution in [-0.4, -0.2) is 43.5 Å². The molecule has 0 atom stereocenters. The number of aryl methyl sites for hydroxylation is 1. The lowest BCUT2D eigenvalue weighted by molar-refractivity contribution is 0.0921. The Morgan fingerprint density at radius 3 is 2.38 bits per heavy atom. The van der Waals surface area contributed by atoms with Crippen molar-refractivity contribution in [3.8, 4) is 5.75 Å². The molecule has 2 aromatic carbocycles. The van der Waals surface area contributed by atoms with Crippen LogP contribution in [0.1, 0.15) is 21.5 Å². The quantitative estimate of drug-likeness (QED) is 0.830. The van der Waals surface area contributed by atoms with Crippen molar-refractivity contribution in [2.24, 2.45) is 0 Å². The first-order chi connectivity index (χ1) is 11.7. The van der Waals surface area contributed by atoms with Crippen LogP contribution in [0, 0.1) is 6.92 Å². The van der Waals surface area contributed by atoms with Crippen LogP contribution >= 0.6 is 0 Å². The maximum absolute atomic E-state index is 12.2. The third-order valence-electron chi connectivity index (χ3n) is 4.28. The molecule has 1 aliphatic rings. The molecular formula is C20H24N2O2. The van der Waals surface area contributed by atoms with Gasteiger partial charge in [0.2, 0.25) is 0 Å². The topological polar surface area (TPSA) is 41.6 Å². The highest BCUT2D eigenvalue weighted by atomic mass is 16.5. The molecule has 0 amide bonds. The van der Waals surface area contributed by atoms with E-state index < -0.39 is 0 Å². The third-order valence-corrected chi connectivity index (χ3v) is 4.28. The monoisotopic (exact) mass is 324 g/mol. The average molecular weight is 324 g/mol. The van der Waals surface area contributed by atoms with Gasteiger partial charge in [-0.15, -0.1) is 0 Å². The van der Waals surface area contributed by atoms with Gasteiger partial charge < -0.3 is 10.1 Å². The van der Waals surface area contributed by atoms with Crippen molar-refractivity contribution in [3.63, 3.8) is 0 Å². The highest BCUT2D eigenvalue weighted by molar-refractivity contribution is 5.97. The van der Waals surface area contributed by atoms with Crippen molar-refractivity contribution >= 4 is 5.78 Å². The lowest BCUT2D eigenvalue weighted by Gasteiger charge is -2.27. The molecule has 0 unspecified atom stereocenters. The number of benzene rings is 2. The van der Waals surface area contributed by atoms with Crippen LogP contribution in [0.4, 0.5) is 0 Å². The Kier molecular flexibility index (Phi) is 5.62. The number of ketones is 1. The number of nitrogens with one attached hydrogen (secondary N) is 1. The summed E-state index contributed by atoms with van der Waals surface area (Å²) in [5.74, 6) is 0.730. The van der Waals surface area contributed by atoms with Crippen LogP contribution in [0.15, 0.2) is 48.5 Å². The summed E-state index contributed by atoms with van der Waals surface area (Å²) < 4.78 is 5.56. The fraction of sp³-hybridized carbons (Fsp3) is 0.350. The fourth-order valence-corrected chi connectivity index (χ4v) is 2.79. The highest BCUT2D eigenvalue weighted by Gasteiger charge is 2.11. The first kappa shape index (κ1) is 16.7. The van der Waals surface area contributed by atoms with Gasteiger partial charge in [0.15, 0.2) is 12.4 Å². The van der Waals surface area contributed by atoms with E-state index in [0.717, 1.165) is 38.5 Å². The number of rotatable bonds is 6. The Labute approximate surface area is 143 Å². The van der Waals surface area contributed by atoms with E-state index in [4.69, 9.17) is 4.74 Å². The first-order valence-electron chi connectivity index (χ1n) is 8.45. The molecule has 0 aromatic heterocycles. The van der Waals surface area contributed by atoms with Crippen molar-refractivity contribution in [3.05, 3.63) is 65.2 Å². The molecule has 1 fully saturated rings. The number of hydrogen-bond acceptors (Lipinski definition) is 4. The van der Waals surface area contributed by atoms with Crippen molar-refractivity contribution in [1.29, 1.82) is 0 Å². The standard InChI is InChI=1S/C20H24N2O2/c1-16-2-8-19(9-3-16)24-15-20(23)18-6-4-17(5-7-18)14-22-12-10-21-11-13-22/h2-9,21H,10-15H2,1H3. The summed E-state index contributed by atoms with van der Waals surface area (Å²) >= 11 is 0. The Balaban J connectivity index is 1.52. The van der Waals surface area contributed by atoms with E-state index in [1.165, 1.54) is 11.1 Å². The van der Waals surface area contributed by atoms with Gasteiger partial charge in [0.25, 0.3) is 0 Å². The second kappa shape index (κ2) is 8.08. The van der Waals surface area contributed by atoms with E-state index in [9.17, 15) is 4.79 Å². The molecule has 1 N–H and O–H groups in total. The molecule has 126 valence electrons. The molecule has 0 spiro atoms. The van der Waals surface area contributed by atoms with Crippen molar-refractivity contribution < 1.29 is 9.53 Å². The number of ether oxygens (including phenoxy) is 1. The predicted molar refractivity (Wildman–Crippen MR) is 95.6 cm³/mol. The van der Waals surface area contributed by atoms with Gasteiger partial charge in [0, 0.05) is 38.3 Å². The summed E-state index contributed by atoms with van der Waals surface area (Å²) in [6, 6.07) is 15.6. The minimum atomic E-state index is 0.00398. The van der Waals surface area contributed by atoms with E-state index in [1.54, 1.807) is 0 Å². The van der Waals surface area contributed by atoms with Gasteiger partial charge in [-0.25, -0.2) is 0 Å². The average Bonchev–Trinajstić information content (AvgIpc) is 2.62. The zero-order valence-corrected chi connectivity index (χ0v) is 14.1. The SMILES string of the molecule is Cc1ccc(OCC(=O)c2ccc(CN3CCNCC3)cc2)cc1. The second-order valence-electron chi connectivity index (χ2n) is 6.25. The zero-order chi connectivity index (χ0) is 16.8. The van der Waals surface area contributed by atoms with Crippen LogP contribution in [0.25, 0.3) is 0 Å². The normalized spacial score (nSPS) is 15.2. The lowest BCUT2D eigenvalue weighted by atomic mass is 10.1. The number of piperazine rings is 1. The van der Waals surface area contributed by atoms with Crippen LogP contribution < -0.4 is 10.1 Å². The zero-order valence-electron chi connectivity index (χ0n) is 14.1. The maximum atomic E-state index is 12.2. The molecular weight excluding hydrogens is 300 g/mol. The number of carbonyl (C=O) groups is 1. The summed E-state index contributed by atoms with van der Waals surface area (Å²) in [5, 5.41) is 3.35. The number of Topliss-reactive ketones (excluding diaryl/α,β-unsaturated/α-hetero) is 1. The molecule has 0 radical (unpaired) electrons. The highest BCUT2D eigenvalue weighted by Crippen LogP contribution is 2.13. The Hall–Kier alpha value is -2.17. The first-order valence-corrected chi connectivity index (χ1v) is 8.45. The molecule has 0 saturated carbocycles. The minimum Gasteiger partial charge on any atom is -0.485 e. The third kappa shape index (κ3) is 4.66. The largest absolute Gasteiger partial charge is 0.485 e. The lowest BCUT2D eigenvalue weighted by Crippen LogP contribution is -2.42. The van der Waals surface area contributed by atoms with E-state index in [-0.39, 0.29) is 12.4 Å². The van der Waals surface area contributed by atoms with Gasteiger partial charge in [0.05, 0.1) is 0 Å². The van der Waals surface area contributed by atoms with Gasteiger partial charge in [-0.05, 0) is 24.6 Å². The molecule has 1 saturated heterocycles. The van der Waals surface area contributed by atoms with Crippen LogP contribution in [0.3, 0.4) is 0 Å².